The molecule has 2 heterocycles. The second-order valence-electron chi connectivity index (χ2n) is 6.55. The van der Waals surface area contributed by atoms with Crippen molar-refractivity contribution in [2.45, 2.75) is 52.6 Å². The van der Waals surface area contributed by atoms with E-state index >= 15 is 0 Å². The minimum Gasteiger partial charge on any atom is -0.396 e. The van der Waals surface area contributed by atoms with Gasteiger partial charge >= 0.3 is 0 Å². The van der Waals surface area contributed by atoms with Crippen molar-refractivity contribution in [2.24, 2.45) is 5.41 Å². The van der Waals surface area contributed by atoms with Crippen molar-refractivity contribution in [1.82, 2.24) is 19.1 Å². The molecule has 0 radical (unpaired) electrons. The molecule has 2 aromatic heterocycles. The first kappa shape index (κ1) is 17.7. The van der Waals surface area contributed by atoms with Gasteiger partial charge in [0.1, 0.15) is 11.6 Å². The molecule has 0 atom stereocenters. The lowest BCUT2D eigenvalue weighted by atomic mass is 9.82. The lowest BCUT2D eigenvalue weighted by molar-refractivity contribution is 0.0498. The number of imidazole rings is 2. The van der Waals surface area contributed by atoms with E-state index in [0.717, 1.165) is 24.6 Å². The van der Waals surface area contributed by atoms with Gasteiger partial charge in [0.05, 0.1) is 13.2 Å². The Morgan fingerprint density at radius 2 is 1.65 bits per heavy atom. The number of aromatic nitrogens is 4. The second kappa shape index (κ2) is 7.75. The molecular weight excluding hydrogens is 292 g/mol. The van der Waals surface area contributed by atoms with E-state index in [2.05, 4.69) is 39.9 Å². The van der Waals surface area contributed by atoms with Crippen LogP contribution in [-0.4, -0.2) is 42.5 Å². The maximum absolute atomic E-state index is 9.99. The van der Waals surface area contributed by atoms with Gasteiger partial charge in [-0.25, -0.2) is 9.97 Å². The van der Waals surface area contributed by atoms with Crippen molar-refractivity contribution < 1.29 is 10.2 Å². The van der Waals surface area contributed by atoms with E-state index < -0.39 is 5.41 Å². The molecule has 0 aromatic carbocycles. The van der Waals surface area contributed by atoms with E-state index in [-0.39, 0.29) is 13.2 Å². The van der Waals surface area contributed by atoms with Crippen LogP contribution in [0.1, 0.15) is 44.9 Å². The number of aliphatic hydroxyl groups is 2. The fraction of sp³-hybridized carbons (Fsp3) is 0.647. The van der Waals surface area contributed by atoms with Crippen LogP contribution in [0.3, 0.4) is 0 Å². The molecule has 0 bridgehead atoms. The fourth-order valence-electron chi connectivity index (χ4n) is 2.91. The van der Waals surface area contributed by atoms with E-state index in [0.29, 0.717) is 18.9 Å². The van der Waals surface area contributed by atoms with Crippen LogP contribution in [0.5, 0.6) is 0 Å². The van der Waals surface area contributed by atoms with Crippen molar-refractivity contribution in [3.05, 3.63) is 36.4 Å². The predicted octanol–water partition coefficient (Wildman–Crippen LogP) is 1.83. The van der Waals surface area contributed by atoms with Crippen LogP contribution in [0.15, 0.2) is 24.8 Å². The Balaban J connectivity index is 2.24. The molecule has 2 N–H and O–H groups in total. The summed E-state index contributed by atoms with van der Waals surface area (Å²) in [6.45, 7) is 7.00. The zero-order valence-corrected chi connectivity index (χ0v) is 14.3. The zero-order valence-electron chi connectivity index (χ0n) is 14.3. The molecular formula is C17H28N4O2. The second-order valence-corrected chi connectivity index (χ2v) is 6.55. The van der Waals surface area contributed by atoms with Gasteiger partial charge in [0.15, 0.2) is 0 Å². The number of aliphatic hydroxyl groups excluding tert-OH is 2. The van der Waals surface area contributed by atoms with Gasteiger partial charge in [0.25, 0.3) is 0 Å². The maximum Gasteiger partial charge on any atom is 0.109 e. The monoisotopic (exact) mass is 320 g/mol. The number of hydrogen-bond acceptors (Lipinski definition) is 4. The van der Waals surface area contributed by atoms with Gasteiger partial charge < -0.3 is 19.3 Å². The lowest BCUT2D eigenvalue weighted by Gasteiger charge is -2.30. The number of hydrogen-bond donors (Lipinski definition) is 2. The van der Waals surface area contributed by atoms with Crippen LogP contribution in [0.25, 0.3) is 0 Å². The van der Waals surface area contributed by atoms with E-state index in [1.807, 2.05) is 12.4 Å². The summed E-state index contributed by atoms with van der Waals surface area (Å²) in [5.41, 5.74) is -0.658. The fourth-order valence-corrected chi connectivity index (χ4v) is 2.91. The lowest BCUT2D eigenvalue weighted by Crippen LogP contribution is -2.37. The Bertz CT molecular complexity index is 599. The van der Waals surface area contributed by atoms with E-state index in [1.54, 1.807) is 12.4 Å². The number of rotatable bonds is 9. The van der Waals surface area contributed by atoms with Crippen molar-refractivity contribution in [3.63, 3.8) is 0 Å². The molecule has 0 unspecified atom stereocenters. The van der Waals surface area contributed by atoms with Crippen LogP contribution in [0.2, 0.25) is 0 Å². The van der Waals surface area contributed by atoms with Crippen LogP contribution in [0, 0.1) is 5.41 Å². The summed E-state index contributed by atoms with van der Waals surface area (Å²) >= 11 is 0. The molecule has 23 heavy (non-hydrogen) atoms. The normalized spacial score (nSPS) is 12.3. The first-order valence-electron chi connectivity index (χ1n) is 8.28. The van der Waals surface area contributed by atoms with Gasteiger partial charge in [-0.15, -0.1) is 0 Å². The van der Waals surface area contributed by atoms with Crippen LogP contribution < -0.4 is 0 Å². The summed E-state index contributed by atoms with van der Waals surface area (Å²) in [5, 5.41) is 20.0. The summed E-state index contributed by atoms with van der Waals surface area (Å²) < 4.78 is 4.17. The Kier molecular flexibility index (Phi) is 5.96. The third-order valence-electron chi connectivity index (χ3n) is 4.31. The van der Waals surface area contributed by atoms with E-state index in [4.69, 9.17) is 0 Å². The highest BCUT2D eigenvalue weighted by Gasteiger charge is 2.33. The van der Waals surface area contributed by atoms with Gasteiger partial charge in [-0.05, 0) is 20.3 Å². The van der Waals surface area contributed by atoms with Gasteiger partial charge in [-0.2, -0.15) is 0 Å². The summed E-state index contributed by atoms with van der Waals surface area (Å²) in [4.78, 5) is 8.84. The van der Waals surface area contributed by atoms with Crippen molar-refractivity contribution >= 4 is 0 Å². The molecule has 6 nitrogen and oxygen atoms in total. The van der Waals surface area contributed by atoms with Crippen molar-refractivity contribution in [3.8, 4) is 0 Å². The smallest absolute Gasteiger partial charge is 0.109 e. The third-order valence-corrected chi connectivity index (χ3v) is 4.31. The quantitative estimate of drug-likeness (QED) is 0.739. The highest BCUT2D eigenvalue weighted by Crippen LogP contribution is 2.27. The Morgan fingerprint density at radius 3 is 2.26 bits per heavy atom. The van der Waals surface area contributed by atoms with Gasteiger partial charge in [0, 0.05) is 55.6 Å². The number of aryl methyl sites for hydroxylation is 1. The SMILES string of the molecule is CCCn1ccnc1CC(CO)(CO)Cc1nccn1C(C)C. The topological polar surface area (TPSA) is 76.1 Å². The zero-order chi connectivity index (χ0) is 16.9. The van der Waals surface area contributed by atoms with Crippen LogP contribution in [0.4, 0.5) is 0 Å². The summed E-state index contributed by atoms with van der Waals surface area (Å²) in [5.74, 6) is 1.79. The predicted molar refractivity (Wildman–Crippen MR) is 89.1 cm³/mol. The minimum absolute atomic E-state index is 0.104. The van der Waals surface area contributed by atoms with Crippen LogP contribution in [-0.2, 0) is 19.4 Å². The summed E-state index contributed by atoms with van der Waals surface area (Å²) in [6.07, 6.45) is 9.51. The minimum atomic E-state index is -0.658. The van der Waals surface area contributed by atoms with Gasteiger partial charge in [-0.3, -0.25) is 0 Å². The average Bonchev–Trinajstić information content (AvgIpc) is 3.16. The molecule has 0 aliphatic heterocycles. The molecule has 6 heteroatoms. The van der Waals surface area contributed by atoms with E-state index in [9.17, 15) is 10.2 Å². The highest BCUT2D eigenvalue weighted by molar-refractivity contribution is 5.05. The van der Waals surface area contributed by atoms with Crippen LogP contribution >= 0.6 is 0 Å². The molecule has 0 aliphatic rings. The number of nitrogens with zero attached hydrogens (tertiary/aromatic N) is 4. The summed E-state index contributed by atoms with van der Waals surface area (Å²) in [7, 11) is 0. The Hall–Kier alpha value is -1.66. The first-order valence-corrected chi connectivity index (χ1v) is 8.28. The van der Waals surface area contributed by atoms with Gasteiger partial charge in [0.2, 0.25) is 0 Å². The molecule has 0 fully saturated rings. The standard InChI is InChI=1S/C17H28N4O2/c1-4-7-20-8-5-18-15(20)10-17(12-22,13-23)11-16-19-6-9-21(16)14(2)3/h5-6,8-9,14,22-23H,4,7,10-13H2,1-3H3. The van der Waals surface area contributed by atoms with Crippen molar-refractivity contribution in [2.75, 3.05) is 13.2 Å². The molecule has 0 saturated heterocycles. The van der Waals surface area contributed by atoms with Gasteiger partial charge in [-0.1, -0.05) is 6.92 Å². The first-order chi connectivity index (χ1) is 11.0. The Morgan fingerprint density at radius 1 is 1.04 bits per heavy atom. The van der Waals surface area contributed by atoms with E-state index in [1.165, 1.54) is 0 Å². The molecule has 2 rings (SSSR count). The molecule has 128 valence electrons. The van der Waals surface area contributed by atoms with Crippen molar-refractivity contribution in [1.29, 1.82) is 0 Å². The summed E-state index contributed by atoms with van der Waals surface area (Å²) in [6, 6.07) is 0.296. The highest BCUT2D eigenvalue weighted by atomic mass is 16.3. The maximum atomic E-state index is 9.99. The molecule has 0 saturated carbocycles. The molecule has 2 aromatic rings. The molecule has 0 amide bonds. The molecule has 0 spiro atoms. The average molecular weight is 320 g/mol. The third kappa shape index (κ3) is 4.00. The Labute approximate surface area is 137 Å². The molecule has 0 aliphatic carbocycles. The largest absolute Gasteiger partial charge is 0.396 e.